The highest BCUT2D eigenvalue weighted by Gasteiger charge is 2.32. The molecule has 3 aromatic rings. The Morgan fingerprint density at radius 2 is 1.88 bits per heavy atom. The number of rotatable bonds is 5. The van der Waals surface area contributed by atoms with Crippen molar-refractivity contribution in [1.29, 1.82) is 0 Å². The fraction of sp³-hybridized carbons (Fsp3) is 0.333. The predicted octanol–water partition coefficient (Wildman–Crippen LogP) is 1.39. The Kier molecular flexibility index (Phi) is 5.50. The molecule has 0 saturated carbocycles. The number of halogens is 3. The van der Waals surface area contributed by atoms with Crippen molar-refractivity contribution >= 4 is 17.7 Å². The largest absolute Gasteiger partial charge is 0.480 e. The van der Waals surface area contributed by atoms with Gasteiger partial charge in [-0.3, -0.25) is 9.59 Å². The molecule has 0 atom stereocenters. The summed E-state index contributed by atoms with van der Waals surface area (Å²) < 4.78 is 43.9. The molecule has 2 aromatic heterocycles. The summed E-state index contributed by atoms with van der Waals surface area (Å²) in [7, 11) is 0. The molecule has 11 nitrogen and oxygen atoms in total. The van der Waals surface area contributed by atoms with Gasteiger partial charge < -0.3 is 19.4 Å². The molecule has 0 radical (unpaired) electrons. The Bertz CT molecular complexity index is 1140. The van der Waals surface area contributed by atoms with Gasteiger partial charge in [0.05, 0.1) is 5.56 Å². The van der Waals surface area contributed by atoms with Crippen LogP contribution in [0.5, 0.6) is 0 Å². The van der Waals surface area contributed by atoms with Crippen molar-refractivity contribution in [2.75, 3.05) is 31.1 Å². The van der Waals surface area contributed by atoms with Crippen molar-refractivity contribution in [3.63, 3.8) is 0 Å². The van der Waals surface area contributed by atoms with Crippen LogP contribution in [0.1, 0.15) is 15.9 Å². The van der Waals surface area contributed by atoms with Crippen LogP contribution in [-0.2, 0) is 17.5 Å². The van der Waals surface area contributed by atoms with E-state index in [2.05, 4.69) is 20.6 Å². The number of aliphatic carboxylic acids is 1. The van der Waals surface area contributed by atoms with Crippen LogP contribution in [0.2, 0.25) is 0 Å². The molecule has 1 amide bonds. The Balaban J connectivity index is 1.39. The van der Waals surface area contributed by atoms with Crippen molar-refractivity contribution in [2.45, 2.75) is 12.7 Å². The lowest BCUT2D eigenvalue weighted by molar-refractivity contribution is -0.138. The van der Waals surface area contributed by atoms with Crippen molar-refractivity contribution in [2.24, 2.45) is 0 Å². The molecule has 1 N–H and O–H groups in total. The number of alkyl halides is 3. The van der Waals surface area contributed by atoms with Crippen molar-refractivity contribution < 1.29 is 32.4 Å². The average Bonchev–Trinajstić information content (AvgIpc) is 3.42. The van der Waals surface area contributed by atoms with Crippen LogP contribution < -0.4 is 4.90 Å². The normalized spacial score (nSPS) is 14.6. The van der Waals surface area contributed by atoms with Crippen LogP contribution in [0.3, 0.4) is 0 Å². The molecular weight excluding hydrogens is 435 g/mol. The summed E-state index contributed by atoms with van der Waals surface area (Å²) in [6.07, 6.45) is -4.52. The first-order valence-electron chi connectivity index (χ1n) is 9.39. The number of carbonyl (C=O) groups excluding carboxylic acids is 1. The van der Waals surface area contributed by atoms with Crippen LogP contribution >= 0.6 is 0 Å². The number of amides is 1. The van der Waals surface area contributed by atoms with Crippen molar-refractivity contribution in [1.82, 2.24) is 30.3 Å². The number of benzene rings is 1. The summed E-state index contributed by atoms with van der Waals surface area (Å²) in [6.45, 7) is 0.885. The van der Waals surface area contributed by atoms with E-state index in [1.807, 2.05) is 4.90 Å². The minimum absolute atomic E-state index is 0.0208. The smallest absolute Gasteiger partial charge is 0.416 e. The van der Waals surface area contributed by atoms with Crippen LogP contribution in [0.4, 0.5) is 19.0 Å². The Morgan fingerprint density at radius 3 is 2.56 bits per heavy atom. The van der Waals surface area contributed by atoms with Gasteiger partial charge in [-0.25, -0.2) is 0 Å². The van der Waals surface area contributed by atoms with Gasteiger partial charge in [-0.15, -0.1) is 10.2 Å². The van der Waals surface area contributed by atoms with Gasteiger partial charge in [0, 0.05) is 37.8 Å². The van der Waals surface area contributed by atoms with E-state index in [4.69, 9.17) is 9.63 Å². The van der Waals surface area contributed by atoms with Gasteiger partial charge in [0.1, 0.15) is 0 Å². The number of hydrogen-bond donors (Lipinski definition) is 1. The number of carboxylic acids is 1. The molecule has 14 heteroatoms. The SMILES string of the molecule is O=C(O)Cn1nnc(-c2cc(N3CCN(C(=O)c4cccc(C(F)(F)F)c4)CC3)no2)n1. The third-order valence-electron chi connectivity index (χ3n) is 4.78. The summed E-state index contributed by atoms with van der Waals surface area (Å²) in [5, 5.41) is 23.9. The number of aromatic nitrogens is 5. The van der Waals surface area contributed by atoms with E-state index < -0.39 is 30.2 Å². The Hall–Kier alpha value is -3.97. The molecule has 0 spiro atoms. The molecule has 0 bridgehead atoms. The molecule has 168 valence electrons. The lowest BCUT2D eigenvalue weighted by Crippen LogP contribution is -2.49. The molecule has 0 unspecified atom stereocenters. The number of anilines is 1. The quantitative estimate of drug-likeness (QED) is 0.611. The van der Waals surface area contributed by atoms with Gasteiger partial charge in [-0.2, -0.15) is 18.0 Å². The minimum atomic E-state index is -4.52. The number of carbonyl (C=O) groups is 2. The summed E-state index contributed by atoms with van der Waals surface area (Å²) in [4.78, 5) is 27.5. The zero-order valence-corrected chi connectivity index (χ0v) is 16.4. The van der Waals surface area contributed by atoms with Gasteiger partial charge in [0.15, 0.2) is 12.4 Å². The van der Waals surface area contributed by atoms with Crippen LogP contribution in [-0.4, -0.2) is 73.4 Å². The van der Waals surface area contributed by atoms with Gasteiger partial charge in [0.25, 0.3) is 5.91 Å². The number of tetrazole rings is 1. The van der Waals surface area contributed by atoms with Crippen molar-refractivity contribution in [3.8, 4) is 11.6 Å². The van der Waals surface area contributed by atoms with Gasteiger partial charge >= 0.3 is 12.1 Å². The maximum Gasteiger partial charge on any atom is 0.416 e. The Morgan fingerprint density at radius 1 is 1.12 bits per heavy atom. The first-order valence-corrected chi connectivity index (χ1v) is 9.39. The van der Waals surface area contributed by atoms with E-state index in [1.54, 1.807) is 6.07 Å². The van der Waals surface area contributed by atoms with Gasteiger partial charge in [-0.05, 0) is 23.4 Å². The highest BCUT2D eigenvalue weighted by Crippen LogP contribution is 2.30. The fourth-order valence-electron chi connectivity index (χ4n) is 3.20. The van der Waals surface area contributed by atoms with E-state index in [9.17, 15) is 22.8 Å². The summed E-state index contributed by atoms with van der Waals surface area (Å²) in [5.41, 5.74) is -0.890. The monoisotopic (exact) mass is 451 g/mol. The number of hydrogen-bond acceptors (Lipinski definition) is 8. The molecule has 1 aliphatic rings. The highest BCUT2D eigenvalue weighted by atomic mass is 19.4. The number of piperazine rings is 1. The van der Waals surface area contributed by atoms with Crippen LogP contribution in [0.25, 0.3) is 11.6 Å². The summed E-state index contributed by atoms with van der Waals surface area (Å²) in [6, 6.07) is 5.91. The molecule has 1 saturated heterocycles. The third-order valence-corrected chi connectivity index (χ3v) is 4.78. The molecule has 32 heavy (non-hydrogen) atoms. The molecule has 1 aromatic carbocycles. The van der Waals surface area contributed by atoms with E-state index in [1.165, 1.54) is 17.0 Å². The second kappa shape index (κ2) is 8.28. The van der Waals surface area contributed by atoms with Crippen LogP contribution in [0.15, 0.2) is 34.9 Å². The molecule has 1 aliphatic heterocycles. The zero-order valence-electron chi connectivity index (χ0n) is 16.4. The van der Waals surface area contributed by atoms with E-state index in [-0.39, 0.29) is 30.2 Å². The van der Waals surface area contributed by atoms with E-state index in [0.717, 1.165) is 16.9 Å². The zero-order chi connectivity index (χ0) is 22.9. The minimum Gasteiger partial charge on any atom is -0.480 e. The standard InChI is InChI=1S/C18H16F3N7O4/c19-18(20,21)12-3-1-2-11(8-12)17(31)27-6-4-26(5-7-27)14-9-13(32-24-14)16-22-25-28(23-16)10-15(29)30/h1-3,8-9H,4-7,10H2,(H,29,30). The maximum absolute atomic E-state index is 12.9. The third kappa shape index (κ3) is 4.53. The Labute approximate surface area is 178 Å². The lowest BCUT2D eigenvalue weighted by atomic mass is 10.1. The van der Waals surface area contributed by atoms with Gasteiger partial charge in [-0.1, -0.05) is 11.2 Å². The van der Waals surface area contributed by atoms with Crippen LogP contribution in [0, 0.1) is 0 Å². The summed E-state index contributed by atoms with van der Waals surface area (Å²) >= 11 is 0. The number of carboxylic acid groups (broad SMARTS) is 1. The second-order valence-corrected chi connectivity index (χ2v) is 6.94. The highest BCUT2D eigenvalue weighted by molar-refractivity contribution is 5.94. The predicted molar refractivity (Wildman–Crippen MR) is 101 cm³/mol. The lowest BCUT2D eigenvalue weighted by Gasteiger charge is -2.34. The molecule has 4 rings (SSSR count). The van der Waals surface area contributed by atoms with E-state index in [0.29, 0.717) is 18.9 Å². The van der Waals surface area contributed by atoms with E-state index >= 15 is 0 Å². The molecule has 3 heterocycles. The summed E-state index contributed by atoms with van der Waals surface area (Å²) in [5.74, 6) is -0.871. The molecule has 1 fully saturated rings. The number of nitrogens with zero attached hydrogens (tertiary/aromatic N) is 7. The average molecular weight is 451 g/mol. The molecule has 0 aliphatic carbocycles. The van der Waals surface area contributed by atoms with Gasteiger partial charge in [0.2, 0.25) is 11.6 Å². The fourth-order valence-corrected chi connectivity index (χ4v) is 3.20. The maximum atomic E-state index is 12.9. The topological polar surface area (TPSA) is 130 Å². The molecular formula is C18H16F3N7O4. The van der Waals surface area contributed by atoms with Crippen molar-refractivity contribution in [3.05, 3.63) is 41.5 Å². The second-order valence-electron chi connectivity index (χ2n) is 6.94. The first-order chi connectivity index (χ1) is 15.2. The first kappa shape index (κ1) is 21.3.